The smallest absolute Gasteiger partial charge is 0.326 e. The Morgan fingerprint density at radius 1 is 1.75 bits per heavy atom. The van der Waals surface area contributed by atoms with Crippen LogP contribution in [0.2, 0.25) is 0 Å². The summed E-state index contributed by atoms with van der Waals surface area (Å²) in [4.78, 5) is 11.3. The molecule has 0 aromatic rings. The monoisotopic (exact) mass is 189 g/mol. The molecule has 0 saturated carbocycles. The molecule has 0 aromatic heterocycles. The maximum Gasteiger partial charge on any atom is 0.326 e. The van der Waals surface area contributed by atoms with Crippen molar-refractivity contribution in [3.05, 3.63) is 0 Å². The number of rotatable bonds is 1. The third kappa shape index (κ3) is 1.59. The molecule has 0 amide bonds. The maximum atomic E-state index is 11.3. The maximum absolute atomic E-state index is 11.3. The molecule has 2 unspecified atom stereocenters. The fraction of sp³-hybridized carbons (Fsp3) is 0.875. The van der Waals surface area contributed by atoms with Gasteiger partial charge < -0.3 is 10.5 Å². The molecule has 2 N–H and O–H groups in total. The zero-order valence-electron chi connectivity index (χ0n) is 7.50. The van der Waals surface area contributed by atoms with Crippen molar-refractivity contribution >= 4 is 17.7 Å². The lowest BCUT2D eigenvalue weighted by molar-refractivity contribution is -0.149. The second-order valence-electron chi connectivity index (χ2n) is 3.26. The first-order chi connectivity index (χ1) is 5.61. The van der Waals surface area contributed by atoms with E-state index in [1.165, 1.54) is 7.11 Å². The van der Waals surface area contributed by atoms with Gasteiger partial charge in [0.1, 0.15) is 5.54 Å². The molecule has 1 aliphatic rings. The van der Waals surface area contributed by atoms with Crippen LogP contribution in [0.15, 0.2) is 0 Å². The fourth-order valence-electron chi connectivity index (χ4n) is 1.39. The van der Waals surface area contributed by atoms with Crippen LogP contribution in [0.25, 0.3) is 0 Å². The van der Waals surface area contributed by atoms with Gasteiger partial charge in [-0.3, -0.25) is 4.79 Å². The Hall–Kier alpha value is -0.220. The molecule has 0 bridgehead atoms. The first-order valence-corrected chi connectivity index (χ1v) is 5.22. The van der Waals surface area contributed by atoms with Crippen LogP contribution < -0.4 is 5.73 Å². The minimum atomic E-state index is -0.736. The Morgan fingerprint density at radius 3 is 2.92 bits per heavy atom. The molecule has 12 heavy (non-hydrogen) atoms. The number of nitrogens with two attached hydrogens (primary N) is 1. The van der Waals surface area contributed by atoms with Gasteiger partial charge in [0.05, 0.1) is 7.11 Å². The number of hydrogen-bond donors (Lipinski definition) is 1. The van der Waals surface area contributed by atoms with Crippen LogP contribution in [0.3, 0.4) is 0 Å². The highest BCUT2D eigenvalue weighted by atomic mass is 32.2. The predicted octanol–water partition coefficient (Wildman–Crippen LogP) is 0.630. The average Bonchev–Trinajstić information content (AvgIpc) is 2.09. The van der Waals surface area contributed by atoms with Crippen molar-refractivity contribution in [2.75, 3.05) is 18.6 Å². The minimum Gasteiger partial charge on any atom is -0.468 e. The fourth-order valence-corrected chi connectivity index (χ4v) is 2.69. The molecule has 1 heterocycles. The molecule has 0 aromatic carbocycles. The summed E-state index contributed by atoms with van der Waals surface area (Å²) in [6.07, 6.45) is 0.728. The van der Waals surface area contributed by atoms with Crippen molar-refractivity contribution in [3.8, 4) is 0 Å². The largest absolute Gasteiger partial charge is 0.468 e. The Bertz CT molecular complexity index is 186. The Kier molecular flexibility index (Phi) is 3.01. The lowest BCUT2D eigenvalue weighted by Gasteiger charge is -2.36. The lowest BCUT2D eigenvalue weighted by atomic mass is 9.84. The van der Waals surface area contributed by atoms with Crippen molar-refractivity contribution in [2.45, 2.75) is 18.9 Å². The second kappa shape index (κ2) is 3.66. The summed E-state index contributed by atoms with van der Waals surface area (Å²) in [6, 6.07) is 0. The van der Waals surface area contributed by atoms with Crippen molar-refractivity contribution in [1.82, 2.24) is 0 Å². The standard InChI is InChI=1S/C8H15NO2S/c1-6-5-12-4-3-8(6,9)7(10)11-2/h6H,3-5,9H2,1-2H3. The van der Waals surface area contributed by atoms with Crippen molar-refractivity contribution in [1.29, 1.82) is 0 Å². The van der Waals surface area contributed by atoms with E-state index in [0.717, 1.165) is 17.9 Å². The number of thioether (sulfide) groups is 1. The molecule has 2 atom stereocenters. The van der Waals surface area contributed by atoms with E-state index in [1.54, 1.807) is 0 Å². The molecule has 1 saturated heterocycles. The van der Waals surface area contributed by atoms with E-state index in [0.29, 0.717) is 0 Å². The van der Waals surface area contributed by atoms with E-state index < -0.39 is 5.54 Å². The Morgan fingerprint density at radius 2 is 2.42 bits per heavy atom. The van der Waals surface area contributed by atoms with Gasteiger partial charge in [-0.05, 0) is 23.8 Å². The summed E-state index contributed by atoms with van der Waals surface area (Å²) < 4.78 is 4.69. The van der Waals surface area contributed by atoms with Crippen molar-refractivity contribution in [2.24, 2.45) is 11.7 Å². The van der Waals surface area contributed by atoms with Crippen molar-refractivity contribution in [3.63, 3.8) is 0 Å². The number of hydrogen-bond acceptors (Lipinski definition) is 4. The zero-order chi connectivity index (χ0) is 9.19. The molecule has 1 aliphatic heterocycles. The Labute approximate surface area is 77.0 Å². The summed E-state index contributed by atoms with van der Waals surface area (Å²) in [5.41, 5.74) is 5.23. The quantitative estimate of drug-likeness (QED) is 0.615. The molecule has 1 fully saturated rings. The number of carbonyl (C=O) groups is 1. The highest BCUT2D eigenvalue weighted by Gasteiger charge is 2.42. The highest BCUT2D eigenvalue weighted by Crippen LogP contribution is 2.30. The van der Waals surface area contributed by atoms with Gasteiger partial charge in [0, 0.05) is 0 Å². The molecular formula is C8H15NO2S. The van der Waals surface area contributed by atoms with Crippen LogP contribution in [0.4, 0.5) is 0 Å². The van der Waals surface area contributed by atoms with E-state index in [-0.39, 0.29) is 11.9 Å². The molecule has 0 spiro atoms. The van der Waals surface area contributed by atoms with E-state index in [1.807, 2.05) is 18.7 Å². The molecule has 70 valence electrons. The van der Waals surface area contributed by atoms with Gasteiger partial charge in [-0.2, -0.15) is 11.8 Å². The molecule has 0 aliphatic carbocycles. The average molecular weight is 189 g/mol. The summed E-state index contributed by atoms with van der Waals surface area (Å²) >= 11 is 1.85. The van der Waals surface area contributed by atoms with Gasteiger partial charge in [0.15, 0.2) is 0 Å². The van der Waals surface area contributed by atoms with E-state index in [4.69, 9.17) is 5.73 Å². The van der Waals surface area contributed by atoms with Gasteiger partial charge in [0.25, 0.3) is 0 Å². The third-order valence-electron chi connectivity index (χ3n) is 2.47. The van der Waals surface area contributed by atoms with Gasteiger partial charge in [-0.25, -0.2) is 0 Å². The summed E-state index contributed by atoms with van der Waals surface area (Å²) in [7, 11) is 1.39. The summed E-state index contributed by atoms with van der Waals surface area (Å²) in [5.74, 6) is 1.85. The number of ether oxygens (including phenoxy) is 1. The third-order valence-corrected chi connectivity index (χ3v) is 3.70. The van der Waals surface area contributed by atoms with Crippen LogP contribution >= 0.6 is 11.8 Å². The van der Waals surface area contributed by atoms with E-state index >= 15 is 0 Å². The zero-order valence-corrected chi connectivity index (χ0v) is 8.32. The van der Waals surface area contributed by atoms with Crippen LogP contribution in [-0.4, -0.2) is 30.1 Å². The predicted molar refractivity (Wildman–Crippen MR) is 50.0 cm³/mol. The van der Waals surface area contributed by atoms with E-state index in [9.17, 15) is 4.79 Å². The molecule has 3 nitrogen and oxygen atoms in total. The molecule has 0 radical (unpaired) electrons. The summed E-state index contributed by atoms with van der Waals surface area (Å²) in [5, 5.41) is 0. The first-order valence-electron chi connectivity index (χ1n) is 4.06. The normalized spacial score (nSPS) is 36.1. The SMILES string of the molecule is COC(=O)C1(N)CCSCC1C. The molecule has 1 rings (SSSR count). The van der Waals surface area contributed by atoms with Crippen molar-refractivity contribution < 1.29 is 9.53 Å². The minimum absolute atomic E-state index is 0.212. The molecule has 4 heteroatoms. The van der Waals surface area contributed by atoms with Crippen LogP contribution in [0, 0.1) is 5.92 Å². The molecular weight excluding hydrogens is 174 g/mol. The van der Waals surface area contributed by atoms with Crippen LogP contribution in [-0.2, 0) is 9.53 Å². The van der Waals surface area contributed by atoms with Gasteiger partial charge >= 0.3 is 5.97 Å². The Balaban J connectivity index is 2.72. The number of methoxy groups -OCH3 is 1. The van der Waals surface area contributed by atoms with Gasteiger partial charge in [-0.1, -0.05) is 6.92 Å². The topological polar surface area (TPSA) is 52.3 Å². The highest BCUT2D eigenvalue weighted by molar-refractivity contribution is 7.99. The van der Waals surface area contributed by atoms with Gasteiger partial charge in [-0.15, -0.1) is 0 Å². The first kappa shape index (κ1) is 9.86. The van der Waals surface area contributed by atoms with Crippen LogP contribution in [0.1, 0.15) is 13.3 Å². The lowest BCUT2D eigenvalue weighted by Crippen LogP contribution is -2.56. The second-order valence-corrected chi connectivity index (χ2v) is 4.41. The van der Waals surface area contributed by atoms with Gasteiger partial charge in [0.2, 0.25) is 0 Å². The number of esters is 1. The number of carbonyl (C=O) groups excluding carboxylic acids is 1. The van der Waals surface area contributed by atoms with E-state index in [2.05, 4.69) is 4.74 Å². The van der Waals surface area contributed by atoms with Crippen LogP contribution in [0.5, 0.6) is 0 Å². The summed E-state index contributed by atoms with van der Waals surface area (Å²) in [6.45, 7) is 2.00.